The first-order chi connectivity index (χ1) is 12.8. The molecule has 1 heterocycles. The number of hydrogen-bond acceptors (Lipinski definition) is 4. The van der Waals surface area contributed by atoms with E-state index in [4.69, 9.17) is 0 Å². The molecule has 1 aliphatic heterocycles. The summed E-state index contributed by atoms with van der Waals surface area (Å²) >= 11 is 0. The monoisotopic (exact) mass is 396 g/mol. The van der Waals surface area contributed by atoms with Crippen molar-refractivity contribution in [3.8, 4) is 0 Å². The van der Waals surface area contributed by atoms with Crippen LogP contribution in [-0.2, 0) is 14.8 Å². The smallest absolute Gasteiger partial charge is 0.275 e. The third kappa shape index (κ3) is 5.60. The summed E-state index contributed by atoms with van der Waals surface area (Å²) in [6.07, 6.45) is 1.82. The van der Waals surface area contributed by atoms with Crippen LogP contribution in [0.2, 0.25) is 0 Å². The van der Waals surface area contributed by atoms with Crippen LogP contribution in [0.1, 0.15) is 44.0 Å². The van der Waals surface area contributed by atoms with Crippen LogP contribution in [0.3, 0.4) is 0 Å². The maximum Gasteiger partial charge on any atom is 0.275 e. The number of nitrogens with one attached hydrogen (secondary N) is 2. The van der Waals surface area contributed by atoms with Crippen molar-refractivity contribution in [3.63, 3.8) is 0 Å². The molecular weight excluding hydrogens is 366 g/mol. The minimum atomic E-state index is -3.58. The molecule has 8 heteroatoms. The molecule has 2 rings (SSSR count). The summed E-state index contributed by atoms with van der Waals surface area (Å²) in [4.78, 5) is 24.8. The standard InChI is InChI=1S/C19H29N3O4S/c1-4-17(5-2)20-19(24)14-21-10-12-22(13-11-21)27(25,26)18-8-6-16(7-9-18)15(3)23/h6-9,17H,4-5,10-14H2,1-3H3,(H,20,24)/p+1. The van der Waals surface area contributed by atoms with Crippen LogP contribution in [0.15, 0.2) is 29.2 Å². The average Bonchev–Trinajstić information content (AvgIpc) is 2.66. The van der Waals surface area contributed by atoms with Gasteiger partial charge in [0.05, 0.1) is 31.1 Å². The Kier molecular flexibility index (Phi) is 7.52. The lowest BCUT2D eigenvalue weighted by Gasteiger charge is -2.31. The number of hydrogen-bond donors (Lipinski definition) is 2. The second-order valence-electron chi connectivity index (χ2n) is 6.99. The lowest BCUT2D eigenvalue weighted by atomic mass is 10.2. The van der Waals surface area contributed by atoms with E-state index in [1.54, 1.807) is 12.1 Å². The van der Waals surface area contributed by atoms with Crippen LogP contribution in [0.25, 0.3) is 0 Å². The van der Waals surface area contributed by atoms with Crippen LogP contribution >= 0.6 is 0 Å². The van der Waals surface area contributed by atoms with Gasteiger partial charge in [0.2, 0.25) is 10.0 Å². The zero-order valence-electron chi connectivity index (χ0n) is 16.3. The number of Topliss-reactive ketones (excluding diaryl/α,β-unsaturated/α-hetero) is 1. The molecule has 0 aromatic heterocycles. The second kappa shape index (κ2) is 9.43. The fourth-order valence-electron chi connectivity index (χ4n) is 3.23. The van der Waals surface area contributed by atoms with Crippen molar-refractivity contribution in [2.24, 2.45) is 0 Å². The molecule has 1 aromatic rings. The molecule has 0 spiro atoms. The molecular formula is C19H30N3O4S+. The van der Waals surface area contributed by atoms with E-state index in [-0.39, 0.29) is 22.6 Å². The molecule has 27 heavy (non-hydrogen) atoms. The van der Waals surface area contributed by atoms with E-state index in [1.165, 1.54) is 23.4 Å². The summed E-state index contributed by atoms with van der Waals surface area (Å²) < 4.78 is 27.0. The fourth-order valence-corrected chi connectivity index (χ4v) is 4.67. The lowest BCUT2D eigenvalue weighted by molar-refractivity contribution is -0.895. The number of carbonyl (C=O) groups excluding carboxylic acids is 2. The van der Waals surface area contributed by atoms with Crippen LogP contribution in [0, 0.1) is 0 Å². The van der Waals surface area contributed by atoms with Gasteiger partial charge >= 0.3 is 0 Å². The zero-order valence-corrected chi connectivity index (χ0v) is 17.1. The van der Waals surface area contributed by atoms with Crippen molar-refractivity contribution in [1.82, 2.24) is 9.62 Å². The van der Waals surface area contributed by atoms with E-state index in [2.05, 4.69) is 5.32 Å². The Bertz CT molecular complexity index is 750. The van der Waals surface area contributed by atoms with Gasteiger partial charge in [0.15, 0.2) is 12.3 Å². The van der Waals surface area contributed by atoms with E-state index in [9.17, 15) is 18.0 Å². The molecule has 2 N–H and O–H groups in total. The van der Waals surface area contributed by atoms with Gasteiger partial charge in [0.25, 0.3) is 5.91 Å². The predicted molar refractivity (Wildman–Crippen MR) is 103 cm³/mol. The number of piperazine rings is 1. The Balaban J connectivity index is 1.92. The second-order valence-corrected chi connectivity index (χ2v) is 8.93. The highest BCUT2D eigenvalue weighted by molar-refractivity contribution is 7.89. The highest BCUT2D eigenvalue weighted by Crippen LogP contribution is 2.16. The van der Waals surface area contributed by atoms with Crippen molar-refractivity contribution >= 4 is 21.7 Å². The number of amides is 1. The highest BCUT2D eigenvalue weighted by atomic mass is 32.2. The molecule has 0 aliphatic carbocycles. The number of ketones is 1. The third-order valence-electron chi connectivity index (χ3n) is 5.09. The van der Waals surface area contributed by atoms with E-state index in [0.717, 1.165) is 17.7 Å². The van der Waals surface area contributed by atoms with Gasteiger partial charge in [-0.05, 0) is 31.9 Å². The Morgan fingerprint density at radius 2 is 1.67 bits per heavy atom. The van der Waals surface area contributed by atoms with Gasteiger partial charge in [0, 0.05) is 11.6 Å². The molecule has 1 fully saturated rings. The molecule has 150 valence electrons. The summed E-state index contributed by atoms with van der Waals surface area (Å²) in [5.41, 5.74) is 0.492. The Labute approximate surface area is 161 Å². The zero-order chi connectivity index (χ0) is 20.0. The minimum Gasteiger partial charge on any atom is -0.349 e. The third-order valence-corrected chi connectivity index (χ3v) is 7.00. The van der Waals surface area contributed by atoms with Gasteiger partial charge in [0.1, 0.15) is 0 Å². The van der Waals surface area contributed by atoms with E-state index >= 15 is 0 Å². The molecule has 1 amide bonds. The van der Waals surface area contributed by atoms with E-state index < -0.39 is 10.0 Å². The van der Waals surface area contributed by atoms with Crippen molar-refractivity contribution in [2.45, 2.75) is 44.6 Å². The van der Waals surface area contributed by atoms with Crippen molar-refractivity contribution in [3.05, 3.63) is 29.8 Å². The fraction of sp³-hybridized carbons (Fsp3) is 0.579. The number of nitrogens with zero attached hydrogens (tertiary/aromatic N) is 1. The van der Waals surface area contributed by atoms with Crippen molar-refractivity contribution < 1.29 is 22.9 Å². The van der Waals surface area contributed by atoms with Crippen LogP contribution in [0.5, 0.6) is 0 Å². The Hall–Kier alpha value is -1.77. The predicted octanol–water partition coefficient (Wildman–Crippen LogP) is 0.0832. The Morgan fingerprint density at radius 3 is 2.15 bits per heavy atom. The van der Waals surface area contributed by atoms with Crippen LogP contribution in [0.4, 0.5) is 0 Å². The highest BCUT2D eigenvalue weighted by Gasteiger charge is 2.31. The summed E-state index contributed by atoms with van der Waals surface area (Å²) in [5, 5.41) is 3.03. The molecule has 0 saturated carbocycles. The van der Waals surface area contributed by atoms with Gasteiger partial charge in [-0.25, -0.2) is 8.42 Å². The molecule has 1 aliphatic rings. The number of rotatable bonds is 8. The topological polar surface area (TPSA) is 88.0 Å². The molecule has 7 nitrogen and oxygen atoms in total. The number of quaternary nitrogens is 1. The number of sulfonamides is 1. The lowest BCUT2D eigenvalue weighted by Crippen LogP contribution is -3.15. The van der Waals surface area contributed by atoms with Gasteiger partial charge in [-0.2, -0.15) is 4.31 Å². The molecule has 0 unspecified atom stereocenters. The van der Waals surface area contributed by atoms with Gasteiger partial charge < -0.3 is 10.2 Å². The first-order valence-electron chi connectivity index (χ1n) is 9.52. The summed E-state index contributed by atoms with van der Waals surface area (Å²) in [6, 6.07) is 6.25. The largest absolute Gasteiger partial charge is 0.349 e. The minimum absolute atomic E-state index is 0.0230. The summed E-state index contributed by atoms with van der Waals surface area (Å²) in [6.45, 7) is 7.88. The van der Waals surface area contributed by atoms with Gasteiger partial charge in [-0.15, -0.1) is 0 Å². The van der Waals surface area contributed by atoms with Crippen LogP contribution < -0.4 is 10.2 Å². The quantitative estimate of drug-likeness (QED) is 0.610. The van der Waals surface area contributed by atoms with E-state index in [1.807, 2.05) is 13.8 Å². The molecule has 0 radical (unpaired) electrons. The van der Waals surface area contributed by atoms with Crippen molar-refractivity contribution in [1.29, 1.82) is 0 Å². The first-order valence-corrected chi connectivity index (χ1v) is 11.0. The first kappa shape index (κ1) is 21.5. The molecule has 1 saturated heterocycles. The van der Waals surface area contributed by atoms with Crippen LogP contribution in [-0.4, -0.2) is 63.2 Å². The van der Waals surface area contributed by atoms with Gasteiger partial charge in [-0.3, -0.25) is 9.59 Å². The maximum absolute atomic E-state index is 12.8. The molecule has 0 bridgehead atoms. The number of carbonyl (C=O) groups is 2. The number of benzene rings is 1. The molecule has 1 aromatic carbocycles. The Morgan fingerprint density at radius 1 is 1.11 bits per heavy atom. The SMILES string of the molecule is CCC(CC)NC(=O)C[NH+]1CCN(S(=O)(=O)c2ccc(C(C)=O)cc2)CC1. The van der Waals surface area contributed by atoms with Gasteiger partial charge in [-0.1, -0.05) is 26.0 Å². The normalized spacial score (nSPS) is 16.4. The molecule has 0 atom stereocenters. The maximum atomic E-state index is 12.8. The average molecular weight is 397 g/mol. The summed E-state index contributed by atoms with van der Waals surface area (Å²) in [7, 11) is -3.58. The van der Waals surface area contributed by atoms with Crippen molar-refractivity contribution in [2.75, 3.05) is 32.7 Å². The summed E-state index contributed by atoms with van der Waals surface area (Å²) in [5.74, 6) is -0.0716. The van der Waals surface area contributed by atoms with E-state index in [0.29, 0.717) is 38.3 Å².